The van der Waals surface area contributed by atoms with Crippen molar-refractivity contribution < 1.29 is 4.74 Å². The number of hydrogen-bond acceptors (Lipinski definition) is 3. The van der Waals surface area contributed by atoms with Crippen molar-refractivity contribution >= 4 is 0 Å². The van der Waals surface area contributed by atoms with E-state index in [1.807, 2.05) is 6.07 Å². The minimum absolute atomic E-state index is 0.478. The maximum atomic E-state index is 5.64. The van der Waals surface area contributed by atoms with E-state index in [-0.39, 0.29) is 0 Å². The average molecular weight is 264 g/mol. The molecular weight excluding hydrogens is 236 g/mol. The second kappa shape index (κ2) is 9.82. The molecule has 0 aliphatic heterocycles. The van der Waals surface area contributed by atoms with Crippen molar-refractivity contribution in [2.75, 3.05) is 19.7 Å². The van der Waals surface area contributed by atoms with Gasteiger partial charge in [0, 0.05) is 19.1 Å². The Bertz CT molecular complexity index is 341. The lowest BCUT2D eigenvalue weighted by Gasteiger charge is -2.15. The molecule has 1 unspecified atom stereocenters. The second-order valence-electron chi connectivity index (χ2n) is 4.98. The zero-order valence-corrected chi connectivity index (χ0v) is 12.5. The van der Waals surface area contributed by atoms with E-state index in [4.69, 9.17) is 4.74 Å². The van der Waals surface area contributed by atoms with Crippen LogP contribution in [0.3, 0.4) is 0 Å². The average Bonchev–Trinajstić information content (AvgIpc) is 2.44. The molecule has 0 radical (unpaired) electrons. The molecule has 1 aromatic rings. The molecule has 0 bridgehead atoms. The van der Waals surface area contributed by atoms with Crippen LogP contribution in [0.25, 0.3) is 0 Å². The Morgan fingerprint density at radius 2 is 2.05 bits per heavy atom. The van der Waals surface area contributed by atoms with Gasteiger partial charge in [-0.05, 0) is 44.0 Å². The Balaban J connectivity index is 2.31. The molecule has 0 aliphatic rings. The van der Waals surface area contributed by atoms with Crippen molar-refractivity contribution in [3.8, 4) is 5.75 Å². The smallest absolute Gasteiger partial charge is 0.119 e. The fourth-order valence-corrected chi connectivity index (χ4v) is 1.82. The molecule has 3 nitrogen and oxygen atoms in total. The minimum Gasteiger partial charge on any atom is -0.494 e. The molecule has 0 aliphatic carbocycles. The van der Waals surface area contributed by atoms with E-state index in [0.29, 0.717) is 6.04 Å². The van der Waals surface area contributed by atoms with Crippen molar-refractivity contribution in [1.29, 1.82) is 0 Å². The molecule has 0 aromatic heterocycles. The zero-order valence-electron chi connectivity index (χ0n) is 12.5. The molecule has 1 atom stereocenters. The van der Waals surface area contributed by atoms with Gasteiger partial charge < -0.3 is 15.4 Å². The molecule has 19 heavy (non-hydrogen) atoms. The van der Waals surface area contributed by atoms with E-state index >= 15 is 0 Å². The molecule has 2 N–H and O–H groups in total. The third-order valence-electron chi connectivity index (χ3n) is 2.90. The lowest BCUT2D eigenvalue weighted by Crippen LogP contribution is -2.36. The van der Waals surface area contributed by atoms with Crippen LogP contribution in [0.2, 0.25) is 0 Å². The lowest BCUT2D eigenvalue weighted by atomic mass is 10.2. The summed E-state index contributed by atoms with van der Waals surface area (Å²) in [6.45, 7) is 10.3. The molecule has 0 saturated heterocycles. The molecule has 0 saturated carbocycles. The van der Waals surface area contributed by atoms with Gasteiger partial charge in [-0.3, -0.25) is 0 Å². The summed E-state index contributed by atoms with van der Waals surface area (Å²) in [5.74, 6) is 0.970. The lowest BCUT2D eigenvalue weighted by molar-refractivity contribution is 0.317. The summed E-state index contributed by atoms with van der Waals surface area (Å²) < 4.78 is 5.64. The van der Waals surface area contributed by atoms with Crippen LogP contribution in [0.5, 0.6) is 5.75 Å². The molecule has 1 aromatic carbocycles. The first-order valence-electron chi connectivity index (χ1n) is 7.42. The van der Waals surface area contributed by atoms with Crippen LogP contribution in [0.15, 0.2) is 24.3 Å². The molecule has 108 valence electrons. The summed E-state index contributed by atoms with van der Waals surface area (Å²) in [4.78, 5) is 0. The number of ether oxygens (including phenoxy) is 1. The summed E-state index contributed by atoms with van der Waals surface area (Å²) in [7, 11) is 0. The topological polar surface area (TPSA) is 33.3 Å². The molecule has 0 spiro atoms. The molecule has 3 heteroatoms. The van der Waals surface area contributed by atoms with Crippen LogP contribution in [0.1, 0.15) is 39.2 Å². The quantitative estimate of drug-likeness (QED) is 0.637. The highest BCUT2D eigenvalue weighted by molar-refractivity contribution is 5.28. The van der Waals surface area contributed by atoms with Gasteiger partial charge in [-0.1, -0.05) is 26.0 Å². The van der Waals surface area contributed by atoms with Crippen molar-refractivity contribution in [1.82, 2.24) is 10.6 Å². The first-order valence-corrected chi connectivity index (χ1v) is 7.42. The predicted octanol–water partition coefficient (Wildman–Crippen LogP) is 2.95. The molecule has 0 amide bonds. The van der Waals surface area contributed by atoms with Crippen molar-refractivity contribution in [3.05, 3.63) is 29.8 Å². The Labute approximate surface area is 117 Å². The van der Waals surface area contributed by atoms with Crippen LogP contribution >= 0.6 is 0 Å². The summed E-state index contributed by atoms with van der Waals surface area (Å²) in [6, 6.07) is 8.81. The Kier molecular flexibility index (Phi) is 8.26. The van der Waals surface area contributed by atoms with E-state index in [1.165, 1.54) is 12.0 Å². The maximum Gasteiger partial charge on any atom is 0.119 e. The second-order valence-corrected chi connectivity index (χ2v) is 4.98. The Morgan fingerprint density at radius 3 is 2.79 bits per heavy atom. The first kappa shape index (κ1) is 16.0. The van der Waals surface area contributed by atoms with E-state index in [9.17, 15) is 0 Å². The van der Waals surface area contributed by atoms with Gasteiger partial charge in [0.25, 0.3) is 0 Å². The van der Waals surface area contributed by atoms with E-state index < -0.39 is 0 Å². The SMILES string of the molecule is CCCNCC(C)NCc1cccc(OCCC)c1. The first-order chi connectivity index (χ1) is 9.26. The Morgan fingerprint density at radius 1 is 1.21 bits per heavy atom. The number of benzene rings is 1. The Hall–Kier alpha value is -1.06. The summed E-state index contributed by atoms with van der Waals surface area (Å²) in [5.41, 5.74) is 1.27. The van der Waals surface area contributed by atoms with E-state index in [0.717, 1.165) is 38.4 Å². The normalized spacial score (nSPS) is 12.4. The largest absolute Gasteiger partial charge is 0.494 e. The fourth-order valence-electron chi connectivity index (χ4n) is 1.82. The fraction of sp³-hybridized carbons (Fsp3) is 0.625. The standard InChI is InChI=1S/C16H28N2O/c1-4-9-17-12-14(3)18-13-15-7-6-8-16(11-15)19-10-5-2/h6-8,11,14,17-18H,4-5,9-10,12-13H2,1-3H3. The van der Waals surface area contributed by atoms with Gasteiger partial charge in [-0.2, -0.15) is 0 Å². The highest BCUT2D eigenvalue weighted by atomic mass is 16.5. The van der Waals surface area contributed by atoms with Gasteiger partial charge in [0.15, 0.2) is 0 Å². The van der Waals surface area contributed by atoms with Crippen LogP contribution in [-0.4, -0.2) is 25.7 Å². The van der Waals surface area contributed by atoms with Crippen LogP contribution in [0.4, 0.5) is 0 Å². The van der Waals surface area contributed by atoms with Crippen molar-refractivity contribution in [2.45, 2.75) is 46.2 Å². The van der Waals surface area contributed by atoms with Crippen LogP contribution in [0, 0.1) is 0 Å². The van der Waals surface area contributed by atoms with Gasteiger partial charge in [0.05, 0.1) is 6.61 Å². The number of nitrogens with one attached hydrogen (secondary N) is 2. The molecule has 0 heterocycles. The van der Waals surface area contributed by atoms with Gasteiger partial charge >= 0.3 is 0 Å². The van der Waals surface area contributed by atoms with Crippen LogP contribution in [-0.2, 0) is 6.54 Å². The third kappa shape index (κ3) is 7.19. The van der Waals surface area contributed by atoms with Crippen molar-refractivity contribution in [2.24, 2.45) is 0 Å². The third-order valence-corrected chi connectivity index (χ3v) is 2.90. The number of rotatable bonds is 10. The zero-order chi connectivity index (χ0) is 13.9. The summed E-state index contributed by atoms with van der Waals surface area (Å²) >= 11 is 0. The van der Waals surface area contributed by atoms with Gasteiger partial charge in [0.2, 0.25) is 0 Å². The molecular formula is C16H28N2O. The van der Waals surface area contributed by atoms with Crippen LogP contribution < -0.4 is 15.4 Å². The maximum absolute atomic E-state index is 5.64. The minimum atomic E-state index is 0.478. The summed E-state index contributed by atoms with van der Waals surface area (Å²) in [5, 5.41) is 6.95. The van der Waals surface area contributed by atoms with E-state index in [1.54, 1.807) is 0 Å². The van der Waals surface area contributed by atoms with Gasteiger partial charge in [0.1, 0.15) is 5.75 Å². The number of hydrogen-bond donors (Lipinski definition) is 2. The molecule has 0 fully saturated rings. The van der Waals surface area contributed by atoms with Gasteiger partial charge in [-0.25, -0.2) is 0 Å². The predicted molar refractivity (Wildman–Crippen MR) is 81.7 cm³/mol. The highest BCUT2D eigenvalue weighted by Crippen LogP contribution is 2.13. The van der Waals surface area contributed by atoms with Crippen molar-refractivity contribution in [3.63, 3.8) is 0 Å². The van der Waals surface area contributed by atoms with Gasteiger partial charge in [-0.15, -0.1) is 0 Å². The summed E-state index contributed by atoms with van der Waals surface area (Å²) in [6.07, 6.45) is 2.23. The van der Waals surface area contributed by atoms with E-state index in [2.05, 4.69) is 49.6 Å². The molecule has 1 rings (SSSR count). The highest BCUT2D eigenvalue weighted by Gasteiger charge is 2.01. The monoisotopic (exact) mass is 264 g/mol.